The molecule has 0 saturated carbocycles. The molecular weight excluding hydrogens is 300 g/mol. The minimum Gasteiger partial charge on any atom is -0.372 e. The molecule has 6 nitrogen and oxygen atoms in total. The van der Waals surface area contributed by atoms with Gasteiger partial charge < -0.3 is 15.5 Å². The average molecular weight is 328 g/mol. The van der Waals surface area contributed by atoms with Crippen LogP contribution in [0.2, 0.25) is 0 Å². The van der Waals surface area contributed by atoms with Crippen molar-refractivity contribution in [1.82, 2.24) is 15.2 Å². The molecule has 2 rings (SSSR count). The van der Waals surface area contributed by atoms with E-state index in [2.05, 4.69) is 63.6 Å². The second-order valence-electron chi connectivity index (χ2n) is 5.64. The molecule has 0 atom stereocenters. The van der Waals surface area contributed by atoms with Crippen LogP contribution < -0.4 is 15.5 Å². The number of unbranched alkanes of at least 4 members (excludes halogenated alkanes) is 2. The summed E-state index contributed by atoms with van der Waals surface area (Å²) in [5, 5.41) is 14.5. The van der Waals surface area contributed by atoms with E-state index in [-0.39, 0.29) is 0 Å². The molecule has 0 amide bonds. The smallest absolute Gasteiger partial charge is 0.249 e. The van der Waals surface area contributed by atoms with Crippen molar-refractivity contribution in [3.05, 3.63) is 30.5 Å². The van der Waals surface area contributed by atoms with Crippen LogP contribution in [0.25, 0.3) is 0 Å². The molecule has 1 aromatic heterocycles. The number of anilines is 4. The molecule has 2 aromatic rings. The van der Waals surface area contributed by atoms with Crippen molar-refractivity contribution in [3.8, 4) is 0 Å². The van der Waals surface area contributed by atoms with Gasteiger partial charge in [0.15, 0.2) is 5.82 Å². The largest absolute Gasteiger partial charge is 0.372 e. The van der Waals surface area contributed by atoms with E-state index in [4.69, 9.17) is 0 Å². The number of nitrogens with one attached hydrogen (secondary N) is 2. The third-order valence-corrected chi connectivity index (χ3v) is 3.90. The highest BCUT2D eigenvalue weighted by atomic mass is 15.3. The first kappa shape index (κ1) is 18.0. The Labute approximate surface area is 144 Å². The van der Waals surface area contributed by atoms with Crippen molar-refractivity contribution in [2.75, 3.05) is 35.2 Å². The fourth-order valence-electron chi connectivity index (χ4n) is 2.51. The van der Waals surface area contributed by atoms with Crippen molar-refractivity contribution in [2.24, 2.45) is 0 Å². The van der Waals surface area contributed by atoms with Gasteiger partial charge in [-0.15, -0.1) is 5.10 Å². The standard InChI is InChI=1S/C18H28N6/c1-4-7-8-13-19-17-14-20-23-18(22-17)21-15-9-11-16(12-10-15)24(5-2)6-3/h9-12,14H,4-8,13H2,1-3H3,(H2,19,21,22,23). The highest BCUT2D eigenvalue weighted by Crippen LogP contribution is 2.19. The van der Waals surface area contributed by atoms with Crippen LogP contribution in [0.1, 0.15) is 40.0 Å². The number of hydrogen-bond donors (Lipinski definition) is 2. The van der Waals surface area contributed by atoms with Gasteiger partial charge in [-0.05, 0) is 44.5 Å². The van der Waals surface area contributed by atoms with Crippen LogP contribution in [0.4, 0.5) is 23.1 Å². The SMILES string of the molecule is CCCCCNc1cnnc(Nc2ccc(N(CC)CC)cc2)n1. The van der Waals surface area contributed by atoms with Crippen LogP contribution in [0.15, 0.2) is 30.5 Å². The maximum atomic E-state index is 4.45. The summed E-state index contributed by atoms with van der Waals surface area (Å²) in [4.78, 5) is 6.76. The number of aromatic nitrogens is 3. The number of hydrogen-bond acceptors (Lipinski definition) is 6. The molecule has 6 heteroatoms. The minimum atomic E-state index is 0.506. The first-order chi connectivity index (χ1) is 11.8. The summed E-state index contributed by atoms with van der Waals surface area (Å²) < 4.78 is 0. The predicted molar refractivity (Wildman–Crippen MR) is 101 cm³/mol. The van der Waals surface area contributed by atoms with E-state index < -0.39 is 0 Å². The topological polar surface area (TPSA) is 66.0 Å². The molecule has 0 radical (unpaired) electrons. The van der Waals surface area contributed by atoms with Crippen molar-refractivity contribution in [1.29, 1.82) is 0 Å². The molecular formula is C18H28N6. The summed E-state index contributed by atoms with van der Waals surface area (Å²) >= 11 is 0. The van der Waals surface area contributed by atoms with Gasteiger partial charge in [0.1, 0.15) is 0 Å². The van der Waals surface area contributed by atoms with Crippen LogP contribution in [0.5, 0.6) is 0 Å². The molecule has 130 valence electrons. The molecule has 1 aromatic carbocycles. The predicted octanol–water partition coefficient (Wildman–Crippen LogP) is 4.06. The van der Waals surface area contributed by atoms with E-state index in [1.165, 1.54) is 18.5 Å². The van der Waals surface area contributed by atoms with Crippen LogP contribution >= 0.6 is 0 Å². The summed E-state index contributed by atoms with van der Waals surface area (Å²) in [6, 6.07) is 8.29. The Morgan fingerprint density at radius 1 is 1.00 bits per heavy atom. The van der Waals surface area contributed by atoms with Gasteiger partial charge in [-0.1, -0.05) is 19.8 Å². The van der Waals surface area contributed by atoms with Gasteiger partial charge in [-0.3, -0.25) is 0 Å². The van der Waals surface area contributed by atoms with Gasteiger partial charge in [-0.2, -0.15) is 10.1 Å². The van der Waals surface area contributed by atoms with Crippen LogP contribution in [0, 0.1) is 0 Å². The lowest BCUT2D eigenvalue weighted by Crippen LogP contribution is -2.21. The highest BCUT2D eigenvalue weighted by Gasteiger charge is 2.04. The molecule has 0 unspecified atom stereocenters. The van der Waals surface area contributed by atoms with Gasteiger partial charge >= 0.3 is 0 Å². The number of benzene rings is 1. The molecule has 0 aliphatic rings. The van der Waals surface area contributed by atoms with E-state index in [1.54, 1.807) is 6.20 Å². The van der Waals surface area contributed by atoms with Gasteiger partial charge in [0.05, 0.1) is 6.20 Å². The Balaban J connectivity index is 1.95. The Hall–Kier alpha value is -2.37. The van der Waals surface area contributed by atoms with E-state index in [1.807, 2.05) is 12.1 Å². The van der Waals surface area contributed by atoms with E-state index in [0.717, 1.165) is 37.6 Å². The molecule has 1 heterocycles. The maximum Gasteiger partial charge on any atom is 0.249 e. The zero-order valence-electron chi connectivity index (χ0n) is 14.9. The summed E-state index contributed by atoms with van der Waals surface area (Å²) in [7, 11) is 0. The van der Waals surface area contributed by atoms with Gasteiger partial charge in [0, 0.05) is 31.0 Å². The Bertz CT molecular complexity index is 595. The molecule has 0 bridgehead atoms. The number of rotatable bonds is 10. The molecule has 0 saturated heterocycles. The van der Waals surface area contributed by atoms with E-state index in [9.17, 15) is 0 Å². The minimum absolute atomic E-state index is 0.506. The lowest BCUT2D eigenvalue weighted by Gasteiger charge is -2.21. The van der Waals surface area contributed by atoms with Crippen LogP contribution in [-0.4, -0.2) is 34.8 Å². The zero-order valence-corrected chi connectivity index (χ0v) is 14.9. The average Bonchev–Trinajstić information content (AvgIpc) is 2.62. The molecule has 0 spiro atoms. The lowest BCUT2D eigenvalue weighted by molar-refractivity contribution is 0.741. The van der Waals surface area contributed by atoms with Gasteiger partial charge in [-0.25, -0.2) is 0 Å². The fraction of sp³-hybridized carbons (Fsp3) is 0.500. The lowest BCUT2D eigenvalue weighted by atomic mass is 10.2. The molecule has 0 fully saturated rings. The van der Waals surface area contributed by atoms with E-state index in [0.29, 0.717) is 5.95 Å². The summed E-state index contributed by atoms with van der Waals surface area (Å²) in [5.41, 5.74) is 2.17. The summed E-state index contributed by atoms with van der Waals surface area (Å²) in [6.45, 7) is 9.43. The highest BCUT2D eigenvalue weighted by molar-refractivity contribution is 5.59. The normalized spacial score (nSPS) is 10.5. The molecule has 24 heavy (non-hydrogen) atoms. The van der Waals surface area contributed by atoms with Crippen LogP contribution in [0.3, 0.4) is 0 Å². The van der Waals surface area contributed by atoms with Gasteiger partial charge in [0.25, 0.3) is 0 Å². The third kappa shape index (κ3) is 5.37. The Morgan fingerprint density at radius 2 is 1.75 bits per heavy atom. The van der Waals surface area contributed by atoms with Crippen molar-refractivity contribution in [2.45, 2.75) is 40.0 Å². The van der Waals surface area contributed by atoms with Gasteiger partial charge in [0.2, 0.25) is 5.95 Å². The number of nitrogens with zero attached hydrogens (tertiary/aromatic N) is 4. The van der Waals surface area contributed by atoms with Crippen molar-refractivity contribution in [3.63, 3.8) is 0 Å². The van der Waals surface area contributed by atoms with E-state index >= 15 is 0 Å². The Kier molecular flexibility index (Phi) is 7.26. The molecule has 0 aliphatic heterocycles. The van der Waals surface area contributed by atoms with Crippen molar-refractivity contribution < 1.29 is 0 Å². The van der Waals surface area contributed by atoms with Crippen molar-refractivity contribution >= 4 is 23.1 Å². The second-order valence-corrected chi connectivity index (χ2v) is 5.64. The first-order valence-corrected chi connectivity index (χ1v) is 8.82. The second kappa shape index (κ2) is 9.70. The molecule has 2 N–H and O–H groups in total. The fourth-order valence-corrected chi connectivity index (χ4v) is 2.51. The monoisotopic (exact) mass is 328 g/mol. The molecule has 0 aliphatic carbocycles. The Morgan fingerprint density at radius 3 is 2.42 bits per heavy atom. The quantitative estimate of drug-likeness (QED) is 0.641. The zero-order chi connectivity index (χ0) is 17.2. The summed E-state index contributed by atoms with van der Waals surface area (Å²) in [6.07, 6.45) is 5.21. The third-order valence-electron chi connectivity index (χ3n) is 3.90. The van der Waals surface area contributed by atoms with Crippen LogP contribution in [-0.2, 0) is 0 Å². The summed E-state index contributed by atoms with van der Waals surface area (Å²) in [5.74, 6) is 1.26. The maximum absolute atomic E-state index is 4.45. The first-order valence-electron chi connectivity index (χ1n) is 8.82.